The van der Waals surface area contributed by atoms with Crippen molar-refractivity contribution in [2.75, 3.05) is 5.32 Å². The van der Waals surface area contributed by atoms with Crippen molar-refractivity contribution in [1.29, 1.82) is 0 Å². The number of fused-ring (bicyclic) bond motifs is 1. The lowest BCUT2D eigenvalue weighted by molar-refractivity contribution is 0.102. The van der Waals surface area contributed by atoms with Crippen molar-refractivity contribution in [1.82, 2.24) is 15.0 Å². The monoisotopic (exact) mass is 330 g/mol. The summed E-state index contributed by atoms with van der Waals surface area (Å²) in [4.78, 5) is 23.8. The Labute approximate surface area is 143 Å². The number of nitrogens with one attached hydrogen (secondary N) is 2. The van der Waals surface area contributed by atoms with Gasteiger partial charge < -0.3 is 9.72 Å². The fourth-order valence-corrected chi connectivity index (χ4v) is 2.43. The third-order valence-electron chi connectivity index (χ3n) is 3.60. The number of rotatable bonds is 4. The quantitative estimate of drug-likeness (QED) is 0.592. The van der Waals surface area contributed by atoms with E-state index in [1.54, 1.807) is 48.8 Å². The van der Waals surface area contributed by atoms with Gasteiger partial charge in [0.2, 0.25) is 5.95 Å². The predicted molar refractivity (Wildman–Crippen MR) is 94.8 cm³/mol. The van der Waals surface area contributed by atoms with E-state index in [9.17, 15) is 4.79 Å². The van der Waals surface area contributed by atoms with Gasteiger partial charge in [-0.3, -0.25) is 15.1 Å². The zero-order valence-corrected chi connectivity index (χ0v) is 13.1. The van der Waals surface area contributed by atoms with Crippen LogP contribution in [0.2, 0.25) is 0 Å². The minimum absolute atomic E-state index is 0.265. The minimum Gasteiger partial charge on any atom is -0.457 e. The summed E-state index contributed by atoms with van der Waals surface area (Å²) < 4.78 is 5.72. The average molecular weight is 330 g/mol. The van der Waals surface area contributed by atoms with E-state index in [-0.39, 0.29) is 5.91 Å². The molecule has 2 aromatic carbocycles. The molecule has 6 heteroatoms. The highest BCUT2D eigenvalue weighted by atomic mass is 16.5. The summed E-state index contributed by atoms with van der Waals surface area (Å²) >= 11 is 0. The minimum atomic E-state index is -0.265. The molecule has 0 saturated heterocycles. The highest BCUT2D eigenvalue weighted by molar-refractivity contribution is 6.04. The first-order valence-electron chi connectivity index (χ1n) is 7.72. The van der Waals surface area contributed by atoms with E-state index in [0.717, 1.165) is 11.0 Å². The van der Waals surface area contributed by atoms with Crippen LogP contribution in [-0.2, 0) is 0 Å². The molecule has 25 heavy (non-hydrogen) atoms. The van der Waals surface area contributed by atoms with Gasteiger partial charge in [-0.25, -0.2) is 4.98 Å². The molecule has 0 saturated carbocycles. The molecule has 0 aliphatic heterocycles. The Hall–Kier alpha value is -3.67. The number of ether oxygens (including phenoxy) is 1. The van der Waals surface area contributed by atoms with Crippen molar-refractivity contribution in [3.63, 3.8) is 0 Å². The Morgan fingerprint density at radius 3 is 2.64 bits per heavy atom. The van der Waals surface area contributed by atoms with Crippen LogP contribution in [0.1, 0.15) is 10.4 Å². The lowest BCUT2D eigenvalue weighted by Crippen LogP contribution is -2.12. The molecule has 0 radical (unpaired) electrons. The van der Waals surface area contributed by atoms with Gasteiger partial charge in [-0.05, 0) is 42.5 Å². The zero-order valence-electron chi connectivity index (χ0n) is 13.1. The number of carbonyl (C=O) groups is 1. The largest absolute Gasteiger partial charge is 0.457 e. The van der Waals surface area contributed by atoms with Crippen molar-refractivity contribution < 1.29 is 9.53 Å². The normalized spacial score (nSPS) is 10.6. The number of amides is 1. The van der Waals surface area contributed by atoms with Crippen molar-refractivity contribution >= 4 is 22.9 Å². The summed E-state index contributed by atoms with van der Waals surface area (Å²) in [7, 11) is 0. The first-order valence-corrected chi connectivity index (χ1v) is 7.72. The zero-order chi connectivity index (χ0) is 17.1. The van der Waals surface area contributed by atoms with E-state index < -0.39 is 0 Å². The average Bonchev–Trinajstić information content (AvgIpc) is 3.05. The Morgan fingerprint density at radius 2 is 1.80 bits per heavy atom. The van der Waals surface area contributed by atoms with Gasteiger partial charge >= 0.3 is 0 Å². The Balaban J connectivity index is 1.52. The van der Waals surface area contributed by atoms with Gasteiger partial charge in [-0.15, -0.1) is 0 Å². The van der Waals surface area contributed by atoms with Gasteiger partial charge in [0.15, 0.2) is 0 Å². The highest BCUT2D eigenvalue weighted by Gasteiger charge is 2.10. The second-order valence-electron chi connectivity index (χ2n) is 5.37. The number of pyridine rings is 1. The van der Waals surface area contributed by atoms with Gasteiger partial charge in [-0.1, -0.05) is 18.2 Å². The van der Waals surface area contributed by atoms with Crippen LogP contribution in [0.25, 0.3) is 11.0 Å². The van der Waals surface area contributed by atoms with Crippen LogP contribution in [0, 0.1) is 0 Å². The molecule has 6 nitrogen and oxygen atoms in total. The van der Waals surface area contributed by atoms with Crippen LogP contribution in [0.3, 0.4) is 0 Å². The van der Waals surface area contributed by atoms with E-state index in [2.05, 4.69) is 20.3 Å². The maximum absolute atomic E-state index is 12.5. The number of hydrogen-bond donors (Lipinski definition) is 2. The van der Waals surface area contributed by atoms with Crippen LogP contribution < -0.4 is 10.1 Å². The second kappa shape index (κ2) is 6.45. The van der Waals surface area contributed by atoms with E-state index in [1.165, 1.54) is 0 Å². The molecule has 4 aromatic rings. The molecule has 0 unspecified atom stereocenters. The highest BCUT2D eigenvalue weighted by Crippen LogP contribution is 2.22. The molecule has 0 aliphatic rings. The molecule has 2 aromatic heterocycles. The molecule has 4 rings (SSSR count). The van der Waals surface area contributed by atoms with Crippen molar-refractivity contribution in [3.8, 4) is 11.5 Å². The van der Waals surface area contributed by atoms with Crippen LogP contribution >= 0.6 is 0 Å². The van der Waals surface area contributed by atoms with Crippen LogP contribution in [-0.4, -0.2) is 20.9 Å². The van der Waals surface area contributed by atoms with Crippen molar-refractivity contribution in [2.24, 2.45) is 0 Å². The fourth-order valence-electron chi connectivity index (χ4n) is 2.43. The van der Waals surface area contributed by atoms with Gasteiger partial charge in [0.1, 0.15) is 11.5 Å². The van der Waals surface area contributed by atoms with E-state index >= 15 is 0 Å². The molecular formula is C19H14N4O2. The summed E-state index contributed by atoms with van der Waals surface area (Å²) in [5.74, 6) is 1.37. The topological polar surface area (TPSA) is 79.9 Å². The second-order valence-corrected chi connectivity index (χ2v) is 5.37. The summed E-state index contributed by atoms with van der Waals surface area (Å²) in [6.07, 6.45) is 3.29. The summed E-state index contributed by atoms with van der Waals surface area (Å²) in [5.41, 5.74) is 2.15. The Kier molecular flexibility index (Phi) is 3.84. The van der Waals surface area contributed by atoms with E-state index in [1.807, 2.05) is 24.3 Å². The number of imidazole rings is 1. The SMILES string of the molecule is O=C(Nc1nc2ccccc2[nH]1)c1cccc(Oc2ccncc2)c1. The van der Waals surface area contributed by atoms with E-state index in [4.69, 9.17) is 4.74 Å². The first-order chi connectivity index (χ1) is 12.3. The van der Waals surface area contributed by atoms with Gasteiger partial charge in [0, 0.05) is 18.0 Å². The Morgan fingerprint density at radius 1 is 0.960 bits per heavy atom. The fraction of sp³-hybridized carbons (Fsp3) is 0. The summed E-state index contributed by atoms with van der Waals surface area (Å²) in [6.45, 7) is 0. The standard InChI is InChI=1S/C19H14N4O2/c24-18(23-19-21-16-6-1-2-7-17(16)22-19)13-4-3-5-15(12-13)25-14-8-10-20-11-9-14/h1-12H,(H2,21,22,23,24). The van der Waals surface area contributed by atoms with Crippen LogP contribution in [0.4, 0.5) is 5.95 Å². The third-order valence-corrected chi connectivity index (χ3v) is 3.60. The van der Waals surface area contributed by atoms with Crippen LogP contribution in [0.5, 0.6) is 11.5 Å². The molecule has 2 N–H and O–H groups in total. The molecule has 0 aliphatic carbocycles. The molecule has 0 spiro atoms. The number of anilines is 1. The molecule has 0 atom stereocenters. The molecule has 122 valence electrons. The van der Waals surface area contributed by atoms with Crippen LogP contribution in [0.15, 0.2) is 73.1 Å². The molecule has 0 bridgehead atoms. The number of para-hydroxylation sites is 2. The van der Waals surface area contributed by atoms with Gasteiger partial charge in [0.25, 0.3) is 5.91 Å². The Bertz CT molecular complexity index is 995. The number of H-pyrrole nitrogens is 1. The van der Waals surface area contributed by atoms with Crippen molar-refractivity contribution in [3.05, 3.63) is 78.6 Å². The van der Waals surface area contributed by atoms with Crippen molar-refractivity contribution in [2.45, 2.75) is 0 Å². The van der Waals surface area contributed by atoms with E-state index in [0.29, 0.717) is 23.0 Å². The van der Waals surface area contributed by atoms with Gasteiger partial charge in [0.05, 0.1) is 11.0 Å². The molecule has 1 amide bonds. The third kappa shape index (κ3) is 3.32. The number of benzene rings is 2. The maximum Gasteiger partial charge on any atom is 0.258 e. The van der Waals surface area contributed by atoms with Gasteiger partial charge in [-0.2, -0.15) is 0 Å². The summed E-state index contributed by atoms with van der Waals surface area (Å²) in [6, 6.07) is 18.0. The lowest BCUT2D eigenvalue weighted by Gasteiger charge is -2.07. The number of nitrogens with zero attached hydrogens (tertiary/aromatic N) is 2. The smallest absolute Gasteiger partial charge is 0.258 e. The summed E-state index contributed by atoms with van der Waals surface area (Å²) in [5, 5.41) is 2.77. The number of hydrogen-bond acceptors (Lipinski definition) is 4. The molecule has 0 fully saturated rings. The number of aromatic amines is 1. The maximum atomic E-state index is 12.5. The predicted octanol–water partition coefficient (Wildman–Crippen LogP) is 4.00. The number of carbonyl (C=O) groups excluding carboxylic acids is 1. The molecule has 2 heterocycles. The number of aromatic nitrogens is 3. The molecular weight excluding hydrogens is 316 g/mol. The first kappa shape index (κ1) is 14.9. The lowest BCUT2D eigenvalue weighted by atomic mass is 10.2.